The Morgan fingerprint density at radius 3 is 2.37 bits per heavy atom. The van der Waals surface area contributed by atoms with Gasteiger partial charge in [-0.25, -0.2) is 14.6 Å². The van der Waals surface area contributed by atoms with Gasteiger partial charge in [0.05, 0.1) is 35.4 Å². The number of carbonyl (C=O) groups is 8. The summed E-state index contributed by atoms with van der Waals surface area (Å²) < 4.78 is 14.3. The number of hydrogen-bond acceptors (Lipinski definition) is 12. The number of imide groups is 1. The molecule has 3 aliphatic heterocycles. The molecule has 4 aliphatic rings. The first-order valence-corrected chi connectivity index (χ1v) is 24.9. The highest BCUT2D eigenvalue weighted by molar-refractivity contribution is 9.10. The minimum Gasteiger partial charge on any atom is -0.457 e. The van der Waals surface area contributed by atoms with Gasteiger partial charge in [0.1, 0.15) is 18.7 Å². The summed E-state index contributed by atoms with van der Waals surface area (Å²) in [5, 5.41) is 12.0. The van der Waals surface area contributed by atoms with Gasteiger partial charge in [0.2, 0.25) is 23.3 Å². The number of nitrogens with two attached hydrogens (primary N) is 1. The van der Waals surface area contributed by atoms with Crippen molar-refractivity contribution in [2.75, 3.05) is 19.6 Å². The number of cyclic esters (lactones) is 1. The third kappa shape index (κ3) is 11.3. The number of aromatic nitrogens is 2. The summed E-state index contributed by atoms with van der Waals surface area (Å²) in [6.45, 7) is 5.60. The van der Waals surface area contributed by atoms with Crippen LogP contribution in [0.15, 0.2) is 51.8 Å². The third-order valence-electron chi connectivity index (χ3n) is 13.9. The predicted octanol–water partition coefficient (Wildman–Crippen LogP) is 4.41. The van der Waals surface area contributed by atoms with Gasteiger partial charge in [0.15, 0.2) is 0 Å². The molecule has 0 saturated heterocycles. The van der Waals surface area contributed by atoms with E-state index in [1.807, 2.05) is 24.3 Å². The van der Waals surface area contributed by atoms with Crippen molar-refractivity contribution in [3.63, 3.8) is 0 Å². The molecular formula is C50H61BrN8O11. The fourth-order valence-electron chi connectivity index (χ4n) is 9.99. The lowest BCUT2D eigenvalue weighted by Gasteiger charge is -2.39. The van der Waals surface area contributed by atoms with Crippen LogP contribution in [0, 0.1) is 11.3 Å². The highest BCUT2D eigenvalue weighted by Crippen LogP contribution is 2.44. The van der Waals surface area contributed by atoms with E-state index in [4.69, 9.17) is 20.2 Å². The monoisotopic (exact) mass is 1030 g/mol. The number of benzene rings is 1. The number of hydrogen-bond donors (Lipinski definition) is 5. The molecule has 19 nitrogen and oxygen atoms in total. The first-order chi connectivity index (χ1) is 33.5. The van der Waals surface area contributed by atoms with E-state index in [9.17, 15) is 43.2 Å². The molecule has 5 heterocycles. The van der Waals surface area contributed by atoms with Gasteiger partial charge < -0.3 is 41.0 Å². The molecule has 0 bridgehead atoms. The van der Waals surface area contributed by atoms with E-state index < -0.39 is 52.9 Å². The Morgan fingerprint density at radius 2 is 1.67 bits per heavy atom. The van der Waals surface area contributed by atoms with Crippen LogP contribution in [0.3, 0.4) is 0 Å². The second-order valence-electron chi connectivity index (χ2n) is 19.1. The lowest BCUT2D eigenvalue weighted by molar-refractivity contribution is -0.191. The molecule has 7 amide bonds. The predicted molar refractivity (Wildman–Crippen MR) is 259 cm³/mol. The summed E-state index contributed by atoms with van der Waals surface area (Å²) in [5.74, 6) is -4.09. The molecular weight excluding hydrogens is 968 g/mol. The third-order valence-corrected chi connectivity index (χ3v) is 14.6. The fourth-order valence-corrected chi connectivity index (χ4v) is 10.5. The highest BCUT2D eigenvalue weighted by Gasteiger charge is 2.51. The van der Waals surface area contributed by atoms with Crippen LogP contribution in [0.25, 0.3) is 22.3 Å². The normalized spacial score (nSPS) is 18.6. The Balaban J connectivity index is 1.03. The van der Waals surface area contributed by atoms with Crippen molar-refractivity contribution in [3.8, 4) is 11.4 Å². The molecule has 7 rings (SSSR count). The number of unbranched alkanes of at least 4 members (excludes halogenated alkanes) is 2. The van der Waals surface area contributed by atoms with Crippen LogP contribution in [0.4, 0.5) is 4.79 Å². The van der Waals surface area contributed by atoms with Crippen molar-refractivity contribution in [1.29, 1.82) is 0 Å². The maximum atomic E-state index is 14.3. The maximum Gasteiger partial charge on any atom is 0.355 e. The van der Waals surface area contributed by atoms with E-state index in [2.05, 4.69) is 37.2 Å². The molecule has 1 saturated carbocycles. The Labute approximate surface area is 413 Å². The molecule has 2 aromatic heterocycles. The molecule has 1 aromatic carbocycles. The van der Waals surface area contributed by atoms with Gasteiger partial charge in [-0.05, 0) is 80.5 Å². The van der Waals surface area contributed by atoms with Gasteiger partial charge in [-0.15, -0.1) is 0 Å². The van der Waals surface area contributed by atoms with Gasteiger partial charge in [-0.3, -0.25) is 38.5 Å². The summed E-state index contributed by atoms with van der Waals surface area (Å²) in [6, 6.07) is 6.54. The Morgan fingerprint density at radius 1 is 0.929 bits per heavy atom. The number of esters is 2. The van der Waals surface area contributed by atoms with Crippen LogP contribution in [-0.2, 0) is 61.8 Å². The van der Waals surface area contributed by atoms with Gasteiger partial charge >= 0.3 is 18.0 Å². The molecule has 0 spiro atoms. The van der Waals surface area contributed by atoms with Crippen molar-refractivity contribution in [1.82, 2.24) is 35.7 Å². The average Bonchev–Trinajstić information content (AvgIpc) is 3.85. The van der Waals surface area contributed by atoms with Crippen molar-refractivity contribution in [2.45, 2.75) is 135 Å². The summed E-state index contributed by atoms with van der Waals surface area (Å²) in [6.07, 6.45) is 7.79. The minimum absolute atomic E-state index is 0.0186. The molecule has 1 aliphatic carbocycles. The van der Waals surface area contributed by atoms with Gasteiger partial charge in [0.25, 0.3) is 17.4 Å². The fraction of sp³-hybridized carbons (Fsp3) is 0.520. The molecule has 70 heavy (non-hydrogen) atoms. The second kappa shape index (κ2) is 22.1. The molecule has 20 heteroatoms. The van der Waals surface area contributed by atoms with E-state index in [-0.39, 0.29) is 105 Å². The van der Waals surface area contributed by atoms with E-state index in [0.717, 1.165) is 39.6 Å². The van der Waals surface area contributed by atoms with Crippen LogP contribution in [0.2, 0.25) is 0 Å². The van der Waals surface area contributed by atoms with E-state index in [0.29, 0.717) is 49.0 Å². The van der Waals surface area contributed by atoms with Gasteiger partial charge in [-0.2, -0.15) is 0 Å². The first kappa shape index (κ1) is 51.4. The largest absolute Gasteiger partial charge is 0.457 e. The van der Waals surface area contributed by atoms with E-state index in [1.165, 1.54) is 12.2 Å². The summed E-state index contributed by atoms with van der Waals surface area (Å²) in [5.41, 5.74) is 5.30. The number of fused-ring (bicyclic) bond motifs is 5. The number of amides is 7. The van der Waals surface area contributed by atoms with Gasteiger partial charge in [0, 0.05) is 59.2 Å². The Kier molecular flexibility index (Phi) is 16.2. The quantitative estimate of drug-likeness (QED) is 0.0442. The zero-order valence-electron chi connectivity index (χ0n) is 39.8. The zero-order chi connectivity index (χ0) is 50.3. The molecule has 3 atom stereocenters. The zero-order valence-corrected chi connectivity index (χ0v) is 41.4. The molecule has 1 fully saturated rings. The van der Waals surface area contributed by atoms with E-state index >= 15 is 0 Å². The number of urea groups is 1. The minimum atomic E-state index is -1.92. The highest BCUT2D eigenvalue weighted by atomic mass is 79.9. The Bertz CT molecular complexity index is 2660. The van der Waals surface area contributed by atoms with Crippen LogP contribution in [0.5, 0.6) is 0 Å². The van der Waals surface area contributed by atoms with Gasteiger partial charge in [-0.1, -0.05) is 68.5 Å². The standard InChI is InChI=1S/C50H61BrN8O11/c1-4-50(33-24-37-43-30(23-31-34(51)13-11-14-35(31)55-43)26-59(37)46(66)32(33)27-69-47(50)67)70-41(63)25-49(19-8-6-9-20-49)28-54-44(64)36(15-12-21-53-48(52)68)56-45(65)42(29(2)3)57-38(60)16-7-5-10-22-58-39(61)17-18-40(58)62/h11,13-14,17-18,23-24,29,36,42H,4-10,12,15-16,19-22,25-28H2,1-3H3,(H,54,64)(H,56,65)(H,57,60)(H3,52,53,68)/t36-,42-,50-/m0/s1. The van der Waals surface area contributed by atoms with Crippen molar-refractivity contribution in [3.05, 3.63) is 74.0 Å². The number of pyridine rings is 2. The number of primary amides is 1. The number of carbonyl (C=O) groups excluding carboxylic acids is 8. The van der Waals surface area contributed by atoms with Crippen LogP contribution in [0.1, 0.15) is 121 Å². The number of halogens is 1. The van der Waals surface area contributed by atoms with Crippen LogP contribution in [-0.4, -0.2) is 93.7 Å². The summed E-state index contributed by atoms with van der Waals surface area (Å²) in [4.78, 5) is 125. The lowest BCUT2D eigenvalue weighted by atomic mass is 9.71. The Hall–Kier alpha value is -6.44. The van der Waals surface area contributed by atoms with Crippen molar-refractivity contribution in [2.24, 2.45) is 17.1 Å². The first-order valence-electron chi connectivity index (χ1n) is 24.1. The number of ether oxygens (including phenoxy) is 2. The molecule has 0 unspecified atom stereocenters. The number of nitrogens with zero attached hydrogens (tertiary/aromatic N) is 3. The second-order valence-corrected chi connectivity index (χ2v) is 19.9. The van der Waals surface area contributed by atoms with E-state index in [1.54, 1.807) is 31.4 Å². The number of nitrogens with one attached hydrogen (secondary N) is 4. The lowest BCUT2D eigenvalue weighted by Crippen LogP contribution is -2.56. The molecule has 6 N–H and O–H groups in total. The SMILES string of the molecule is CC[C@@]1(OC(=O)CC2(CNC(=O)[C@H](CCCNC(N)=O)NC(=O)[C@@H](NC(=O)CCCCCN3C(=O)C=CC3=O)C(C)C)CCCCC2)C(=O)OCc2c1cc1n(c2=O)Cc2cc3c(Br)cccc3nc2-1. The molecule has 0 radical (unpaired) electrons. The van der Waals surface area contributed by atoms with Crippen LogP contribution < -0.4 is 32.6 Å². The maximum absolute atomic E-state index is 14.3. The van der Waals surface area contributed by atoms with Crippen molar-refractivity contribution < 1.29 is 47.8 Å². The number of rotatable bonds is 21. The summed E-state index contributed by atoms with van der Waals surface area (Å²) >= 11 is 3.59. The average molecular weight is 1030 g/mol. The van der Waals surface area contributed by atoms with Crippen LogP contribution >= 0.6 is 15.9 Å². The topological polar surface area (TPSA) is 267 Å². The molecule has 3 aromatic rings. The van der Waals surface area contributed by atoms with Crippen molar-refractivity contribution >= 4 is 74.3 Å². The summed E-state index contributed by atoms with van der Waals surface area (Å²) in [7, 11) is 0. The molecule has 374 valence electrons. The smallest absolute Gasteiger partial charge is 0.355 e.